The summed E-state index contributed by atoms with van der Waals surface area (Å²) in [5.41, 5.74) is 2.30. The van der Waals surface area contributed by atoms with Gasteiger partial charge in [-0.15, -0.1) is 11.3 Å². The van der Waals surface area contributed by atoms with Crippen molar-refractivity contribution in [2.45, 2.75) is 6.92 Å². The van der Waals surface area contributed by atoms with Gasteiger partial charge in [0, 0.05) is 29.7 Å². The molecule has 24 heavy (non-hydrogen) atoms. The summed E-state index contributed by atoms with van der Waals surface area (Å²) in [4.78, 5) is 21.6. The lowest BCUT2D eigenvalue weighted by molar-refractivity contribution is 0.103. The molecule has 0 aliphatic carbocycles. The van der Waals surface area contributed by atoms with E-state index in [4.69, 9.17) is 9.47 Å². The largest absolute Gasteiger partial charge is 0.454 e. The average molecular weight is 339 g/mol. The van der Waals surface area contributed by atoms with E-state index in [9.17, 15) is 4.79 Å². The van der Waals surface area contributed by atoms with Crippen molar-refractivity contribution in [3.63, 3.8) is 0 Å². The third-order valence-electron chi connectivity index (χ3n) is 3.56. The molecule has 3 heterocycles. The lowest BCUT2D eigenvalue weighted by Crippen LogP contribution is -2.11. The average Bonchev–Trinajstić information content (AvgIpc) is 3.21. The Kier molecular flexibility index (Phi) is 3.62. The van der Waals surface area contributed by atoms with Crippen molar-refractivity contribution in [3.05, 3.63) is 53.3 Å². The van der Waals surface area contributed by atoms with E-state index in [0.717, 1.165) is 10.6 Å². The van der Waals surface area contributed by atoms with Gasteiger partial charge < -0.3 is 14.8 Å². The Balaban J connectivity index is 1.58. The predicted molar refractivity (Wildman–Crippen MR) is 90.6 cm³/mol. The summed E-state index contributed by atoms with van der Waals surface area (Å²) in [6, 6.07) is 9.06. The van der Waals surface area contributed by atoms with Crippen LogP contribution in [0.2, 0.25) is 0 Å². The number of hydrogen-bond donors (Lipinski definition) is 1. The number of ether oxygens (including phenoxy) is 2. The number of carbonyl (C=O) groups is 1. The Hall–Kier alpha value is -2.93. The Bertz CT molecular complexity index is 909. The highest BCUT2D eigenvalue weighted by Crippen LogP contribution is 2.35. The molecule has 0 radical (unpaired) electrons. The number of amides is 1. The lowest BCUT2D eigenvalue weighted by atomic mass is 10.2. The van der Waals surface area contributed by atoms with Crippen molar-refractivity contribution >= 4 is 22.9 Å². The molecule has 0 saturated carbocycles. The van der Waals surface area contributed by atoms with Gasteiger partial charge in [-0.1, -0.05) is 0 Å². The summed E-state index contributed by atoms with van der Waals surface area (Å²) < 4.78 is 10.6. The molecular weight excluding hydrogens is 326 g/mol. The van der Waals surface area contributed by atoms with E-state index in [1.807, 2.05) is 19.1 Å². The number of benzene rings is 1. The highest BCUT2D eigenvalue weighted by molar-refractivity contribution is 7.17. The number of nitrogens with one attached hydrogen (secondary N) is 1. The van der Waals surface area contributed by atoms with Crippen molar-refractivity contribution < 1.29 is 14.3 Å². The van der Waals surface area contributed by atoms with Crippen molar-refractivity contribution in [3.8, 4) is 22.1 Å². The Labute approximate surface area is 142 Å². The van der Waals surface area contributed by atoms with Crippen LogP contribution in [-0.4, -0.2) is 22.7 Å². The molecule has 1 aliphatic heterocycles. The molecule has 120 valence electrons. The molecule has 0 unspecified atom stereocenters. The van der Waals surface area contributed by atoms with Gasteiger partial charge in [-0.05, 0) is 31.2 Å². The van der Waals surface area contributed by atoms with E-state index in [1.54, 1.807) is 30.6 Å². The molecule has 3 aromatic rings. The molecule has 1 N–H and O–H groups in total. The molecule has 1 amide bonds. The van der Waals surface area contributed by atoms with Crippen LogP contribution in [0.15, 0.2) is 42.7 Å². The van der Waals surface area contributed by atoms with Crippen LogP contribution in [0.4, 0.5) is 5.69 Å². The molecule has 0 fully saturated rings. The zero-order valence-electron chi connectivity index (χ0n) is 12.8. The zero-order valence-corrected chi connectivity index (χ0v) is 13.6. The summed E-state index contributed by atoms with van der Waals surface area (Å²) in [5, 5.41) is 3.67. The van der Waals surface area contributed by atoms with Crippen LogP contribution in [0.3, 0.4) is 0 Å². The number of aryl methyl sites for hydroxylation is 1. The first-order chi connectivity index (χ1) is 11.7. The van der Waals surface area contributed by atoms with Gasteiger partial charge in [0.1, 0.15) is 9.88 Å². The first-order valence-electron chi connectivity index (χ1n) is 7.29. The van der Waals surface area contributed by atoms with Crippen molar-refractivity contribution in [1.82, 2.24) is 9.97 Å². The number of rotatable bonds is 3. The first kappa shape index (κ1) is 14.6. The van der Waals surface area contributed by atoms with Crippen LogP contribution in [0.5, 0.6) is 11.5 Å². The van der Waals surface area contributed by atoms with Gasteiger partial charge in [-0.2, -0.15) is 0 Å². The monoisotopic (exact) mass is 339 g/mol. The summed E-state index contributed by atoms with van der Waals surface area (Å²) in [7, 11) is 0. The minimum absolute atomic E-state index is 0.191. The zero-order chi connectivity index (χ0) is 16.5. The van der Waals surface area contributed by atoms with Crippen molar-refractivity contribution in [2.75, 3.05) is 12.1 Å². The van der Waals surface area contributed by atoms with Crippen LogP contribution < -0.4 is 14.8 Å². The molecule has 0 spiro atoms. The van der Waals surface area contributed by atoms with Crippen LogP contribution in [0.25, 0.3) is 10.6 Å². The second kappa shape index (κ2) is 5.93. The predicted octanol–water partition coefficient (Wildman–Crippen LogP) is 3.49. The van der Waals surface area contributed by atoms with Gasteiger partial charge in [-0.25, -0.2) is 4.98 Å². The van der Waals surface area contributed by atoms with Gasteiger partial charge in [0.25, 0.3) is 5.91 Å². The number of hydrogen-bond acceptors (Lipinski definition) is 6. The molecule has 0 bridgehead atoms. The van der Waals surface area contributed by atoms with E-state index in [0.29, 0.717) is 27.8 Å². The summed E-state index contributed by atoms with van der Waals surface area (Å²) >= 11 is 1.36. The normalized spacial score (nSPS) is 12.2. The lowest BCUT2D eigenvalue weighted by Gasteiger charge is -2.05. The van der Waals surface area contributed by atoms with E-state index < -0.39 is 0 Å². The number of thiazole rings is 1. The highest BCUT2D eigenvalue weighted by atomic mass is 32.1. The number of nitrogens with zero attached hydrogens (tertiary/aromatic N) is 2. The van der Waals surface area contributed by atoms with Crippen LogP contribution in [-0.2, 0) is 0 Å². The highest BCUT2D eigenvalue weighted by Gasteiger charge is 2.18. The van der Waals surface area contributed by atoms with Crippen molar-refractivity contribution in [2.24, 2.45) is 0 Å². The van der Waals surface area contributed by atoms with Gasteiger partial charge in [0.15, 0.2) is 11.5 Å². The van der Waals surface area contributed by atoms with E-state index in [2.05, 4.69) is 15.3 Å². The summed E-state index contributed by atoms with van der Waals surface area (Å²) in [5.74, 6) is 1.12. The SMILES string of the molecule is Cc1nc(-c2ccncc2)sc1C(=O)Nc1ccc2c(c1)OCO2. The molecular formula is C17H13N3O3S. The molecule has 0 saturated heterocycles. The topological polar surface area (TPSA) is 73.3 Å². The van der Waals surface area contributed by atoms with Crippen LogP contribution >= 0.6 is 11.3 Å². The second-order valence-corrected chi connectivity index (χ2v) is 6.19. The number of carbonyl (C=O) groups excluding carboxylic acids is 1. The summed E-state index contributed by atoms with van der Waals surface area (Å²) in [6.07, 6.45) is 3.41. The standard InChI is InChI=1S/C17H13N3O3S/c1-10-15(24-17(19-10)11-4-6-18-7-5-11)16(21)20-12-2-3-13-14(8-12)23-9-22-13/h2-8H,9H2,1H3,(H,20,21). The number of aromatic nitrogens is 2. The van der Waals surface area contributed by atoms with Gasteiger partial charge in [-0.3, -0.25) is 9.78 Å². The fourth-order valence-electron chi connectivity index (χ4n) is 2.39. The molecule has 6 nitrogen and oxygen atoms in total. The maximum Gasteiger partial charge on any atom is 0.267 e. The smallest absolute Gasteiger partial charge is 0.267 e. The van der Waals surface area contributed by atoms with Crippen molar-refractivity contribution in [1.29, 1.82) is 0 Å². The fourth-order valence-corrected chi connectivity index (χ4v) is 3.35. The quantitative estimate of drug-likeness (QED) is 0.791. The minimum Gasteiger partial charge on any atom is -0.454 e. The van der Waals surface area contributed by atoms with E-state index in [-0.39, 0.29) is 12.7 Å². The molecule has 1 aliphatic rings. The molecule has 1 aromatic carbocycles. The Morgan fingerprint density at radius 2 is 1.96 bits per heavy atom. The van der Waals surface area contributed by atoms with Crippen LogP contribution in [0, 0.1) is 6.92 Å². The Morgan fingerprint density at radius 3 is 2.79 bits per heavy atom. The van der Waals surface area contributed by atoms with Gasteiger partial charge in [0.05, 0.1) is 5.69 Å². The minimum atomic E-state index is -0.191. The fraction of sp³-hybridized carbons (Fsp3) is 0.118. The molecule has 2 aromatic heterocycles. The molecule has 7 heteroatoms. The van der Waals surface area contributed by atoms with Crippen LogP contribution in [0.1, 0.15) is 15.4 Å². The van der Waals surface area contributed by atoms with Gasteiger partial charge >= 0.3 is 0 Å². The van der Waals surface area contributed by atoms with Gasteiger partial charge in [0.2, 0.25) is 6.79 Å². The Morgan fingerprint density at radius 1 is 1.17 bits per heavy atom. The summed E-state index contributed by atoms with van der Waals surface area (Å²) in [6.45, 7) is 2.03. The number of fused-ring (bicyclic) bond motifs is 1. The molecule has 0 atom stereocenters. The van der Waals surface area contributed by atoms with E-state index >= 15 is 0 Å². The first-order valence-corrected chi connectivity index (χ1v) is 8.11. The number of anilines is 1. The second-order valence-electron chi connectivity index (χ2n) is 5.19. The number of pyridine rings is 1. The third kappa shape index (κ3) is 2.69. The van der Waals surface area contributed by atoms with E-state index in [1.165, 1.54) is 11.3 Å². The molecule has 4 rings (SSSR count). The third-order valence-corrected chi connectivity index (χ3v) is 4.77. The maximum atomic E-state index is 12.6. The maximum absolute atomic E-state index is 12.6.